The lowest BCUT2D eigenvalue weighted by Gasteiger charge is -2.25. The molecule has 5 rings (SSSR count). The summed E-state index contributed by atoms with van der Waals surface area (Å²) in [5.41, 5.74) is 3.26. The van der Waals surface area contributed by atoms with Crippen molar-refractivity contribution >= 4 is 23.0 Å². The maximum atomic E-state index is 12.6. The first-order valence-electron chi connectivity index (χ1n) is 9.97. The number of para-hydroxylation sites is 2. The smallest absolute Gasteiger partial charge is 0.246 e. The number of aromatic nitrogens is 2. The largest absolute Gasteiger partial charge is 0.454 e. The van der Waals surface area contributed by atoms with Gasteiger partial charge in [0.1, 0.15) is 11.3 Å². The highest BCUT2D eigenvalue weighted by Gasteiger charge is 2.17. The second-order valence-electron chi connectivity index (χ2n) is 7.13. The topological polar surface area (TPSA) is 60.5 Å². The summed E-state index contributed by atoms with van der Waals surface area (Å²) in [5.74, 6) is 0.644. The fourth-order valence-corrected chi connectivity index (χ4v) is 3.56. The van der Waals surface area contributed by atoms with E-state index >= 15 is 0 Å². The molecule has 0 aliphatic carbocycles. The van der Waals surface area contributed by atoms with Crippen LogP contribution in [0.4, 0.5) is 0 Å². The van der Waals surface area contributed by atoms with Crippen LogP contribution in [0.25, 0.3) is 34.2 Å². The molecule has 1 aliphatic heterocycles. The van der Waals surface area contributed by atoms with Crippen molar-refractivity contribution in [3.63, 3.8) is 0 Å². The van der Waals surface area contributed by atoms with Crippen molar-refractivity contribution in [3.05, 3.63) is 78.5 Å². The van der Waals surface area contributed by atoms with Gasteiger partial charge in [-0.1, -0.05) is 36.4 Å². The molecule has 1 saturated heterocycles. The van der Waals surface area contributed by atoms with E-state index in [0.29, 0.717) is 37.8 Å². The van der Waals surface area contributed by atoms with Gasteiger partial charge in [-0.05, 0) is 30.3 Å². The van der Waals surface area contributed by atoms with Crippen LogP contribution in [0.3, 0.4) is 0 Å². The summed E-state index contributed by atoms with van der Waals surface area (Å²) in [6.07, 6.45) is 5.33. The second kappa shape index (κ2) is 8.00. The van der Waals surface area contributed by atoms with Gasteiger partial charge in [-0.2, -0.15) is 5.10 Å². The molecule has 1 fully saturated rings. The average Bonchev–Trinajstić information content (AvgIpc) is 3.43. The summed E-state index contributed by atoms with van der Waals surface area (Å²) in [4.78, 5) is 14.4. The molecule has 0 atom stereocenters. The number of nitrogens with zero attached hydrogens (tertiary/aromatic N) is 3. The van der Waals surface area contributed by atoms with E-state index in [4.69, 9.17) is 14.3 Å². The molecule has 0 radical (unpaired) electrons. The highest BCUT2D eigenvalue weighted by atomic mass is 16.5. The van der Waals surface area contributed by atoms with Crippen LogP contribution in [0.1, 0.15) is 5.56 Å². The van der Waals surface area contributed by atoms with Crippen LogP contribution in [0, 0.1) is 0 Å². The first-order chi connectivity index (χ1) is 14.8. The Morgan fingerprint density at radius 1 is 1.00 bits per heavy atom. The standard InChI is InChI=1S/C24H21N3O3/c28-23(26-12-14-29-15-13-26)11-10-19-17-27(20-7-2-1-3-8-20)25-24(19)22-16-18-6-4-5-9-21(18)30-22/h1-11,16-17H,12-15H2/b11-10+. The van der Waals surface area contributed by atoms with Gasteiger partial charge in [-0.3, -0.25) is 4.79 Å². The van der Waals surface area contributed by atoms with E-state index in [0.717, 1.165) is 22.2 Å². The summed E-state index contributed by atoms with van der Waals surface area (Å²) in [5, 5.41) is 5.78. The fourth-order valence-electron chi connectivity index (χ4n) is 3.56. The van der Waals surface area contributed by atoms with Crippen molar-refractivity contribution in [1.82, 2.24) is 14.7 Å². The Labute approximate surface area is 174 Å². The summed E-state index contributed by atoms with van der Waals surface area (Å²) >= 11 is 0. The van der Waals surface area contributed by atoms with E-state index in [1.54, 1.807) is 15.7 Å². The molecule has 4 aromatic rings. The Morgan fingerprint density at radius 2 is 1.77 bits per heavy atom. The zero-order valence-electron chi connectivity index (χ0n) is 16.4. The van der Waals surface area contributed by atoms with Gasteiger partial charge in [-0.25, -0.2) is 4.68 Å². The van der Waals surface area contributed by atoms with Crippen molar-refractivity contribution in [1.29, 1.82) is 0 Å². The molecule has 1 amide bonds. The summed E-state index contributed by atoms with van der Waals surface area (Å²) in [6.45, 7) is 2.39. The van der Waals surface area contributed by atoms with Crippen LogP contribution in [0.15, 0.2) is 77.4 Å². The number of hydrogen-bond donors (Lipinski definition) is 0. The summed E-state index contributed by atoms with van der Waals surface area (Å²) in [7, 11) is 0. The van der Waals surface area contributed by atoms with Crippen LogP contribution in [-0.4, -0.2) is 46.9 Å². The van der Waals surface area contributed by atoms with Crippen molar-refractivity contribution in [2.45, 2.75) is 0 Å². The maximum absolute atomic E-state index is 12.6. The minimum Gasteiger partial charge on any atom is -0.454 e. The number of hydrogen-bond acceptors (Lipinski definition) is 4. The molecule has 6 nitrogen and oxygen atoms in total. The van der Waals surface area contributed by atoms with Crippen molar-refractivity contribution in [3.8, 4) is 17.1 Å². The number of furan rings is 1. The molecular formula is C24H21N3O3. The minimum absolute atomic E-state index is 0.0266. The predicted molar refractivity (Wildman–Crippen MR) is 115 cm³/mol. The van der Waals surface area contributed by atoms with Crippen molar-refractivity contribution in [2.24, 2.45) is 0 Å². The molecule has 0 unspecified atom stereocenters. The van der Waals surface area contributed by atoms with Gasteiger partial charge >= 0.3 is 0 Å². The lowest BCUT2D eigenvalue weighted by Crippen LogP contribution is -2.39. The molecular weight excluding hydrogens is 378 g/mol. The van der Waals surface area contributed by atoms with E-state index in [1.807, 2.05) is 72.9 Å². The number of carbonyl (C=O) groups is 1. The average molecular weight is 399 g/mol. The van der Waals surface area contributed by atoms with E-state index < -0.39 is 0 Å². The molecule has 1 aliphatic rings. The molecule has 3 heterocycles. The zero-order valence-corrected chi connectivity index (χ0v) is 16.4. The van der Waals surface area contributed by atoms with Gasteiger partial charge in [0.25, 0.3) is 0 Å². The normalized spacial score (nSPS) is 14.6. The Bertz CT molecular complexity index is 1170. The van der Waals surface area contributed by atoms with Gasteiger partial charge < -0.3 is 14.1 Å². The molecule has 6 heteroatoms. The Morgan fingerprint density at radius 3 is 2.57 bits per heavy atom. The minimum atomic E-state index is -0.0266. The third-order valence-electron chi connectivity index (χ3n) is 5.15. The van der Waals surface area contributed by atoms with Crippen LogP contribution >= 0.6 is 0 Å². The fraction of sp³-hybridized carbons (Fsp3) is 0.167. The molecule has 2 aromatic heterocycles. The highest BCUT2D eigenvalue weighted by molar-refractivity contribution is 5.93. The zero-order chi connectivity index (χ0) is 20.3. The van der Waals surface area contributed by atoms with Crippen LogP contribution in [0.2, 0.25) is 0 Å². The number of morpholine rings is 1. The van der Waals surface area contributed by atoms with Gasteiger partial charge in [0.05, 0.1) is 18.9 Å². The number of fused-ring (bicyclic) bond motifs is 1. The molecule has 0 saturated carbocycles. The second-order valence-corrected chi connectivity index (χ2v) is 7.13. The lowest BCUT2D eigenvalue weighted by molar-refractivity contribution is -0.129. The van der Waals surface area contributed by atoms with Gasteiger partial charge in [0.2, 0.25) is 5.91 Å². The summed E-state index contributed by atoms with van der Waals surface area (Å²) < 4.78 is 13.2. The monoisotopic (exact) mass is 399 g/mol. The van der Waals surface area contributed by atoms with Crippen LogP contribution in [-0.2, 0) is 9.53 Å². The van der Waals surface area contributed by atoms with Crippen LogP contribution in [0.5, 0.6) is 0 Å². The SMILES string of the molecule is O=C(/C=C/c1cn(-c2ccccc2)nc1-c1cc2ccccc2o1)N1CCOCC1. The Kier molecular flexibility index (Phi) is 4.91. The van der Waals surface area contributed by atoms with Gasteiger partial charge in [-0.15, -0.1) is 0 Å². The van der Waals surface area contributed by atoms with E-state index in [1.165, 1.54) is 0 Å². The summed E-state index contributed by atoms with van der Waals surface area (Å²) in [6, 6.07) is 19.7. The number of rotatable bonds is 4. The first-order valence-corrected chi connectivity index (χ1v) is 9.97. The Hall–Kier alpha value is -3.64. The van der Waals surface area contributed by atoms with Gasteiger partial charge in [0, 0.05) is 36.3 Å². The molecule has 0 bridgehead atoms. The molecule has 150 valence electrons. The van der Waals surface area contributed by atoms with Gasteiger partial charge in [0.15, 0.2) is 5.76 Å². The molecule has 2 aromatic carbocycles. The molecule has 0 spiro atoms. The van der Waals surface area contributed by atoms with Crippen molar-refractivity contribution < 1.29 is 13.9 Å². The molecule has 30 heavy (non-hydrogen) atoms. The number of ether oxygens (including phenoxy) is 1. The van der Waals surface area contributed by atoms with Crippen molar-refractivity contribution in [2.75, 3.05) is 26.3 Å². The van der Waals surface area contributed by atoms with Crippen LogP contribution < -0.4 is 0 Å². The third kappa shape index (κ3) is 3.65. The predicted octanol–water partition coefficient (Wildman–Crippen LogP) is 4.16. The third-order valence-corrected chi connectivity index (χ3v) is 5.15. The number of benzene rings is 2. The number of amides is 1. The maximum Gasteiger partial charge on any atom is 0.246 e. The highest BCUT2D eigenvalue weighted by Crippen LogP contribution is 2.30. The number of carbonyl (C=O) groups excluding carboxylic acids is 1. The molecule has 0 N–H and O–H groups in total. The Balaban J connectivity index is 1.53. The first kappa shape index (κ1) is 18.4. The quantitative estimate of drug-likeness (QED) is 0.484. The lowest BCUT2D eigenvalue weighted by atomic mass is 10.1. The van der Waals surface area contributed by atoms with E-state index in [2.05, 4.69) is 0 Å². The van der Waals surface area contributed by atoms with E-state index in [9.17, 15) is 4.79 Å². The van der Waals surface area contributed by atoms with E-state index in [-0.39, 0.29) is 5.91 Å².